The second-order valence-electron chi connectivity index (χ2n) is 7.29. The number of ether oxygens (including phenoxy) is 2. The van der Waals surface area contributed by atoms with Gasteiger partial charge in [0.05, 0.1) is 32.6 Å². The fraction of sp³-hybridized carbons (Fsp3) is 0.160. The first-order valence-corrected chi connectivity index (χ1v) is 10.4. The molecule has 0 atom stereocenters. The minimum absolute atomic E-state index is 0.161. The summed E-state index contributed by atoms with van der Waals surface area (Å²) in [4.78, 5) is 29.5. The van der Waals surface area contributed by atoms with Gasteiger partial charge in [0.1, 0.15) is 34.8 Å². The number of amides is 2. The van der Waals surface area contributed by atoms with Gasteiger partial charge in [0, 0.05) is 11.3 Å². The Hall–Kier alpha value is -4.53. The first kappa shape index (κ1) is 22.7. The van der Waals surface area contributed by atoms with Crippen molar-refractivity contribution in [2.45, 2.75) is 13.5 Å². The number of nitrogens with one attached hydrogen (secondary N) is 2. The molecule has 2 amide bonds. The van der Waals surface area contributed by atoms with Crippen LogP contribution in [-0.4, -0.2) is 31.0 Å². The van der Waals surface area contributed by atoms with Crippen molar-refractivity contribution in [3.63, 3.8) is 0 Å². The Bertz CT molecular complexity index is 1270. The summed E-state index contributed by atoms with van der Waals surface area (Å²) < 4.78 is 21.3. The van der Waals surface area contributed by atoms with E-state index < -0.39 is 0 Å². The smallest absolute Gasteiger partial charge is 0.259 e. The number of benzene rings is 2. The summed E-state index contributed by atoms with van der Waals surface area (Å²) in [7, 11) is 2.99. The van der Waals surface area contributed by atoms with Crippen molar-refractivity contribution < 1.29 is 27.9 Å². The molecular formula is C25H23N3O6. The van der Waals surface area contributed by atoms with Crippen LogP contribution in [0.15, 0.2) is 69.9 Å². The Balaban J connectivity index is 1.44. The molecule has 0 bridgehead atoms. The van der Waals surface area contributed by atoms with Crippen molar-refractivity contribution in [2.24, 2.45) is 0 Å². The summed E-state index contributed by atoms with van der Waals surface area (Å²) in [5, 5.41) is 5.63. The summed E-state index contributed by atoms with van der Waals surface area (Å²) in [5.41, 5.74) is 2.69. The molecule has 2 aromatic heterocycles. The van der Waals surface area contributed by atoms with Gasteiger partial charge in [0.15, 0.2) is 0 Å². The lowest BCUT2D eigenvalue weighted by molar-refractivity contribution is 0.0943. The van der Waals surface area contributed by atoms with E-state index >= 15 is 0 Å². The highest BCUT2D eigenvalue weighted by Gasteiger charge is 2.19. The normalized spacial score (nSPS) is 10.6. The van der Waals surface area contributed by atoms with Crippen molar-refractivity contribution >= 4 is 17.5 Å². The van der Waals surface area contributed by atoms with Gasteiger partial charge in [-0.2, -0.15) is 0 Å². The standard InChI is InChI=1S/C25H23N3O6/c1-15-19(13-26-24(30)22-20(31-2)5-4-6-21(22)32-3)28-25(34-15)16-7-9-18(10-8-16)27-23(29)17-11-12-33-14-17/h4-12,14H,13H2,1-3H3,(H,26,30)(H,27,29). The SMILES string of the molecule is COc1cccc(OC)c1C(=O)NCc1nc(-c2ccc(NC(=O)c3ccoc3)cc2)oc1C. The molecule has 0 aliphatic heterocycles. The van der Waals surface area contributed by atoms with Gasteiger partial charge in [0.25, 0.3) is 11.8 Å². The fourth-order valence-electron chi connectivity index (χ4n) is 3.34. The van der Waals surface area contributed by atoms with E-state index in [1.165, 1.54) is 26.7 Å². The molecule has 174 valence electrons. The van der Waals surface area contributed by atoms with Crippen LogP contribution in [0.25, 0.3) is 11.5 Å². The molecule has 9 heteroatoms. The number of carbonyl (C=O) groups excluding carboxylic acids is 2. The monoisotopic (exact) mass is 461 g/mol. The topological polar surface area (TPSA) is 116 Å². The van der Waals surface area contributed by atoms with E-state index in [2.05, 4.69) is 15.6 Å². The number of aryl methyl sites for hydroxylation is 1. The van der Waals surface area contributed by atoms with Crippen molar-refractivity contribution in [1.82, 2.24) is 10.3 Å². The molecule has 2 heterocycles. The molecule has 34 heavy (non-hydrogen) atoms. The van der Waals surface area contributed by atoms with Crippen LogP contribution in [-0.2, 0) is 6.54 Å². The molecule has 0 saturated heterocycles. The molecule has 0 radical (unpaired) electrons. The van der Waals surface area contributed by atoms with Gasteiger partial charge in [-0.15, -0.1) is 0 Å². The second kappa shape index (κ2) is 9.95. The van der Waals surface area contributed by atoms with E-state index in [0.717, 1.165) is 5.56 Å². The number of rotatable bonds is 8. The number of hydrogen-bond donors (Lipinski definition) is 2. The van der Waals surface area contributed by atoms with Crippen LogP contribution in [0.3, 0.4) is 0 Å². The van der Waals surface area contributed by atoms with E-state index in [9.17, 15) is 9.59 Å². The fourth-order valence-corrected chi connectivity index (χ4v) is 3.34. The minimum atomic E-state index is -0.351. The van der Waals surface area contributed by atoms with Gasteiger partial charge in [-0.25, -0.2) is 4.98 Å². The van der Waals surface area contributed by atoms with Crippen molar-refractivity contribution in [3.05, 3.63) is 83.6 Å². The van der Waals surface area contributed by atoms with Gasteiger partial charge >= 0.3 is 0 Å². The van der Waals surface area contributed by atoms with Crippen LogP contribution in [0.2, 0.25) is 0 Å². The number of anilines is 1. The number of nitrogens with zero attached hydrogens (tertiary/aromatic N) is 1. The molecular weight excluding hydrogens is 438 g/mol. The molecule has 0 unspecified atom stereocenters. The van der Waals surface area contributed by atoms with E-state index in [-0.39, 0.29) is 18.4 Å². The van der Waals surface area contributed by atoms with Gasteiger partial charge in [-0.1, -0.05) is 6.07 Å². The van der Waals surface area contributed by atoms with E-state index in [0.29, 0.717) is 45.7 Å². The number of aromatic nitrogens is 1. The summed E-state index contributed by atoms with van der Waals surface area (Å²) in [6, 6.07) is 13.8. The largest absolute Gasteiger partial charge is 0.496 e. The third-order valence-electron chi connectivity index (χ3n) is 5.14. The number of carbonyl (C=O) groups is 2. The zero-order chi connectivity index (χ0) is 24.1. The molecule has 4 aromatic rings. The van der Waals surface area contributed by atoms with Crippen molar-refractivity contribution in [1.29, 1.82) is 0 Å². The quantitative estimate of drug-likeness (QED) is 0.398. The Morgan fingerprint density at radius 2 is 1.68 bits per heavy atom. The zero-order valence-electron chi connectivity index (χ0n) is 18.9. The minimum Gasteiger partial charge on any atom is -0.496 e. The van der Waals surface area contributed by atoms with Gasteiger partial charge in [-0.3, -0.25) is 9.59 Å². The second-order valence-corrected chi connectivity index (χ2v) is 7.29. The first-order chi connectivity index (χ1) is 16.5. The summed E-state index contributed by atoms with van der Waals surface area (Å²) in [6.07, 6.45) is 2.82. The maximum atomic E-state index is 12.8. The molecule has 0 fully saturated rings. The maximum Gasteiger partial charge on any atom is 0.259 e. The number of furan rings is 1. The Kier molecular flexibility index (Phi) is 6.63. The molecule has 0 spiro atoms. The maximum absolute atomic E-state index is 12.8. The number of methoxy groups -OCH3 is 2. The van der Waals surface area contributed by atoms with E-state index in [1.54, 1.807) is 55.5 Å². The highest BCUT2D eigenvalue weighted by atomic mass is 16.5. The Morgan fingerprint density at radius 3 is 2.29 bits per heavy atom. The lowest BCUT2D eigenvalue weighted by Crippen LogP contribution is -2.24. The lowest BCUT2D eigenvalue weighted by Gasteiger charge is -2.12. The third-order valence-corrected chi connectivity index (χ3v) is 5.14. The number of oxazole rings is 1. The third kappa shape index (κ3) is 4.78. The average Bonchev–Trinajstić information content (AvgIpc) is 3.52. The lowest BCUT2D eigenvalue weighted by atomic mass is 10.1. The van der Waals surface area contributed by atoms with Crippen LogP contribution in [0.1, 0.15) is 32.2 Å². The van der Waals surface area contributed by atoms with Crippen LogP contribution in [0.4, 0.5) is 5.69 Å². The van der Waals surface area contributed by atoms with Gasteiger partial charge in [0.2, 0.25) is 5.89 Å². The van der Waals surface area contributed by atoms with Crippen LogP contribution in [0.5, 0.6) is 11.5 Å². The van der Waals surface area contributed by atoms with E-state index in [1.807, 2.05) is 0 Å². The zero-order valence-corrected chi connectivity index (χ0v) is 18.9. The Labute approximate surface area is 195 Å². The first-order valence-electron chi connectivity index (χ1n) is 10.4. The molecule has 2 aromatic carbocycles. The van der Waals surface area contributed by atoms with Crippen molar-refractivity contribution in [3.8, 4) is 23.0 Å². The molecule has 0 saturated carbocycles. The van der Waals surface area contributed by atoms with Crippen LogP contribution >= 0.6 is 0 Å². The van der Waals surface area contributed by atoms with Crippen molar-refractivity contribution in [2.75, 3.05) is 19.5 Å². The predicted octanol–water partition coefficient (Wildman–Crippen LogP) is 4.44. The van der Waals surface area contributed by atoms with Gasteiger partial charge in [-0.05, 0) is 49.4 Å². The number of hydrogen-bond acceptors (Lipinski definition) is 7. The summed E-state index contributed by atoms with van der Waals surface area (Å²) in [6.45, 7) is 1.94. The molecule has 0 aliphatic carbocycles. The highest BCUT2D eigenvalue weighted by molar-refractivity contribution is 6.04. The molecule has 0 aliphatic rings. The molecule has 2 N–H and O–H groups in total. The molecule has 9 nitrogen and oxygen atoms in total. The summed E-state index contributed by atoms with van der Waals surface area (Å²) in [5.74, 6) is 1.20. The van der Waals surface area contributed by atoms with E-state index in [4.69, 9.17) is 18.3 Å². The predicted molar refractivity (Wildman–Crippen MR) is 124 cm³/mol. The summed E-state index contributed by atoms with van der Waals surface area (Å²) >= 11 is 0. The van der Waals surface area contributed by atoms with Gasteiger partial charge < -0.3 is 28.9 Å². The Morgan fingerprint density at radius 1 is 0.971 bits per heavy atom. The molecule has 4 rings (SSSR count). The highest BCUT2D eigenvalue weighted by Crippen LogP contribution is 2.28. The average molecular weight is 461 g/mol. The van der Waals surface area contributed by atoms with Crippen LogP contribution < -0.4 is 20.1 Å². The van der Waals surface area contributed by atoms with Crippen LogP contribution in [0, 0.1) is 6.92 Å².